The average Bonchev–Trinajstić information content (AvgIpc) is 3.24. The molecule has 10 heteroatoms. The second-order valence-corrected chi connectivity index (χ2v) is 8.62. The minimum atomic E-state index is -1.77. The third kappa shape index (κ3) is 4.63. The Kier molecular flexibility index (Phi) is 7.72. The van der Waals surface area contributed by atoms with Gasteiger partial charge in [-0.05, 0) is 24.6 Å². The number of rotatable bonds is 9. The average molecular weight is 511 g/mol. The van der Waals surface area contributed by atoms with Crippen LogP contribution < -0.4 is 5.56 Å². The maximum Gasteiger partial charge on any atom is 0.355 e. The first-order chi connectivity index (χ1) is 17.5. The van der Waals surface area contributed by atoms with Crippen LogP contribution in [0.4, 0.5) is 0 Å². The number of ether oxygens (including phenoxy) is 4. The summed E-state index contributed by atoms with van der Waals surface area (Å²) in [5, 5.41) is 9.69. The number of aliphatic hydroxyl groups is 1. The maximum atomic E-state index is 13.5. The Hall–Kier alpha value is -3.60. The van der Waals surface area contributed by atoms with E-state index in [2.05, 4.69) is 0 Å². The van der Waals surface area contributed by atoms with Crippen LogP contribution >= 0.6 is 0 Å². The minimum absolute atomic E-state index is 0. The zero-order valence-corrected chi connectivity index (χ0v) is 19.8. The number of esters is 2. The van der Waals surface area contributed by atoms with E-state index in [0.29, 0.717) is 23.5 Å². The fraction of sp³-hybridized carbons (Fsp3) is 0.407. The number of fused-ring (bicyclic) bond motifs is 5. The number of carbonyl (C=O) groups excluding carboxylic acids is 2. The molecule has 1 atom stereocenters. The molecule has 0 unspecified atom stereocenters. The largest absolute Gasteiger partial charge is 0.457 e. The highest BCUT2D eigenvalue weighted by molar-refractivity contribution is 5.88. The summed E-state index contributed by atoms with van der Waals surface area (Å²) in [6, 6.07) is 11.4. The van der Waals surface area contributed by atoms with Gasteiger partial charge in [0.1, 0.15) is 13.2 Å². The summed E-state index contributed by atoms with van der Waals surface area (Å²) in [4.78, 5) is 44.0. The summed E-state index contributed by atoms with van der Waals surface area (Å²) in [5.41, 5.74) is 1.46. The van der Waals surface area contributed by atoms with E-state index in [1.807, 2.05) is 30.3 Å². The molecule has 0 bridgehead atoms. The SMILES string of the molecule is C.CC[C@@]1(OC(=O)COCCOCCO)C(=O)OCc2c1cc1n(c2=O)Cc2cc3ccccc3nc2-1. The summed E-state index contributed by atoms with van der Waals surface area (Å²) in [6.45, 7) is 1.81. The third-order valence-electron chi connectivity index (χ3n) is 6.50. The molecule has 4 heterocycles. The lowest BCUT2D eigenvalue weighted by Crippen LogP contribution is -2.48. The molecular weight excluding hydrogens is 480 g/mol. The number of nitrogens with zero attached hydrogens (tertiary/aromatic N) is 2. The first-order valence-corrected chi connectivity index (χ1v) is 11.8. The first-order valence-electron chi connectivity index (χ1n) is 11.8. The summed E-state index contributed by atoms with van der Waals surface area (Å²) in [7, 11) is 0. The molecule has 3 aromatic rings. The van der Waals surface area contributed by atoms with Gasteiger partial charge in [0, 0.05) is 16.5 Å². The van der Waals surface area contributed by atoms with Crippen molar-refractivity contribution in [3.63, 3.8) is 0 Å². The van der Waals surface area contributed by atoms with E-state index in [1.165, 1.54) is 0 Å². The molecule has 1 N–H and O–H groups in total. The van der Waals surface area contributed by atoms with Crippen molar-refractivity contribution in [2.24, 2.45) is 0 Å². The van der Waals surface area contributed by atoms with Crippen LogP contribution in [-0.2, 0) is 47.3 Å². The van der Waals surface area contributed by atoms with Crippen molar-refractivity contribution in [3.8, 4) is 11.4 Å². The number of hydrogen-bond donors (Lipinski definition) is 1. The molecule has 5 rings (SSSR count). The summed E-state index contributed by atoms with van der Waals surface area (Å²) in [6.07, 6.45) is 0.0745. The summed E-state index contributed by atoms with van der Waals surface area (Å²) in [5.74, 6) is -1.50. The van der Waals surface area contributed by atoms with Gasteiger partial charge in [0.15, 0.2) is 0 Å². The van der Waals surface area contributed by atoms with Crippen LogP contribution in [0.5, 0.6) is 0 Å². The smallest absolute Gasteiger partial charge is 0.355 e. The van der Waals surface area contributed by atoms with Gasteiger partial charge in [0.2, 0.25) is 5.60 Å². The molecule has 10 nitrogen and oxygen atoms in total. The standard InChI is InChI=1S/C26H26N2O8.CH4/c1-2-26(36-22(30)15-34-10-9-33-8-7-29)19-12-21-23-17(11-16-5-3-4-6-20(16)27-23)13-28(21)24(31)18(19)14-35-25(26)32;/h3-6,11-12,29H,2,7-10,13-15H2,1H3;1H4/t26-;/m0./s1. The van der Waals surface area contributed by atoms with E-state index in [1.54, 1.807) is 17.6 Å². The zero-order valence-electron chi connectivity index (χ0n) is 19.8. The van der Waals surface area contributed by atoms with Crippen LogP contribution in [0.25, 0.3) is 22.3 Å². The van der Waals surface area contributed by atoms with Gasteiger partial charge < -0.3 is 28.6 Å². The van der Waals surface area contributed by atoms with E-state index in [0.717, 1.165) is 16.5 Å². The quantitative estimate of drug-likeness (QED) is 0.267. The molecule has 0 fully saturated rings. The third-order valence-corrected chi connectivity index (χ3v) is 6.50. The lowest BCUT2D eigenvalue weighted by Gasteiger charge is -2.35. The van der Waals surface area contributed by atoms with E-state index >= 15 is 0 Å². The van der Waals surface area contributed by atoms with E-state index < -0.39 is 24.1 Å². The van der Waals surface area contributed by atoms with Gasteiger partial charge in [-0.3, -0.25) is 4.79 Å². The van der Waals surface area contributed by atoms with Crippen LogP contribution in [0.15, 0.2) is 41.2 Å². The van der Waals surface area contributed by atoms with Gasteiger partial charge >= 0.3 is 11.9 Å². The second-order valence-electron chi connectivity index (χ2n) is 8.62. The topological polar surface area (TPSA) is 126 Å². The van der Waals surface area contributed by atoms with Gasteiger partial charge in [-0.25, -0.2) is 14.6 Å². The van der Waals surface area contributed by atoms with Crippen LogP contribution in [0.1, 0.15) is 37.5 Å². The highest BCUT2D eigenvalue weighted by Crippen LogP contribution is 2.40. The van der Waals surface area contributed by atoms with Crippen LogP contribution in [-0.4, -0.2) is 59.6 Å². The fourth-order valence-electron chi connectivity index (χ4n) is 4.75. The number of aromatic nitrogens is 2. The number of hydrogen-bond acceptors (Lipinski definition) is 9. The van der Waals surface area contributed by atoms with Crippen molar-refractivity contribution in [2.75, 3.05) is 33.0 Å². The van der Waals surface area contributed by atoms with Crippen molar-refractivity contribution in [1.29, 1.82) is 0 Å². The summed E-state index contributed by atoms with van der Waals surface area (Å²) >= 11 is 0. The molecule has 1 aromatic carbocycles. The van der Waals surface area contributed by atoms with Crippen molar-refractivity contribution >= 4 is 22.8 Å². The molecular formula is C27H30N2O8. The number of para-hydroxylation sites is 1. The van der Waals surface area contributed by atoms with Gasteiger partial charge in [-0.2, -0.15) is 0 Å². The molecule has 0 radical (unpaired) electrons. The minimum Gasteiger partial charge on any atom is -0.457 e. The highest BCUT2D eigenvalue weighted by Gasteiger charge is 2.50. The van der Waals surface area contributed by atoms with Crippen molar-refractivity contribution in [2.45, 2.75) is 39.5 Å². The van der Waals surface area contributed by atoms with Gasteiger partial charge in [0.25, 0.3) is 5.56 Å². The monoisotopic (exact) mass is 510 g/mol. The summed E-state index contributed by atoms with van der Waals surface area (Å²) < 4.78 is 23.0. The molecule has 2 aliphatic heterocycles. The van der Waals surface area contributed by atoms with Crippen molar-refractivity contribution < 1.29 is 33.6 Å². The van der Waals surface area contributed by atoms with Gasteiger partial charge in [-0.1, -0.05) is 32.5 Å². The molecule has 0 spiro atoms. The predicted molar refractivity (Wildman–Crippen MR) is 134 cm³/mol. The molecule has 196 valence electrons. The van der Waals surface area contributed by atoms with Crippen molar-refractivity contribution in [3.05, 3.63) is 63.4 Å². The zero-order chi connectivity index (χ0) is 25.3. The van der Waals surface area contributed by atoms with E-state index in [-0.39, 0.29) is 58.0 Å². The molecule has 37 heavy (non-hydrogen) atoms. The molecule has 0 saturated carbocycles. The van der Waals surface area contributed by atoms with Crippen LogP contribution in [0, 0.1) is 0 Å². The maximum absolute atomic E-state index is 13.5. The molecule has 0 saturated heterocycles. The highest BCUT2D eigenvalue weighted by atomic mass is 16.6. The Balaban J connectivity index is 0.00000320. The Morgan fingerprint density at radius 1 is 1.16 bits per heavy atom. The number of aliphatic hydroxyl groups excluding tert-OH is 1. The molecule has 0 amide bonds. The van der Waals surface area contributed by atoms with Crippen LogP contribution in [0.3, 0.4) is 0 Å². The lowest BCUT2D eigenvalue weighted by atomic mass is 9.85. The number of cyclic esters (lactones) is 1. The lowest BCUT2D eigenvalue weighted by molar-refractivity contribution is -0.192. The number of benzene rings is 1. The first kappa shape index (κ1) is 26.5. The molecule has 2 aromatic heterocycles. The predicted octanol–water partition coefficient (Wildman–Crippen LogP) is 2.29. The van der Waals surface area contributed by atoms with Gasteiger partial charge in [0.05, 0.1) is 55.4 Å². The van der Waals surface area contributed by atoms with E-state index in [9.17, 15) is 14.4 Å². The van der Waals surface area contributed by atoms with Gasteiger partial charge in [-0.15, -0.1) is 0 Å². The molecule has 2 aliphatic rings. The normalized spacial score (nSPS) is 17.4. The number of pyridine rings is 2. The van der Waals surface area contributed by atoms with Crippen molar-refractivity contribution in [1.82, 2.24) is 9.55 Å². The van der Waals surface area contributed by atoms with Crippen LogP contribution in [0.2, 0.25) is 0 Å². The second kappa shape index (κ2) is 10.8. The Morgan fingerprint density at radius 3 is 2.73 bits per heavy atom. The van der Waals surface area contributed by atoms with E-state index in [4.69, 9.17) is 29.0 Å². The fourth-order valence-corrected chi connectivity index (χ4v) is 4.75. The Labute approximate surface area is 213 Å². The molecule has 0 aliphatic carbocycles. The Morgan fingerprint density at radius 2 is 1.95 bits per heavy atom. The Bertz CT molecular complexity index is 1400. The number of carbonyl (C=O) groups is 2.